The van der Waals surface area contributed by atoms with Crippen molar-refractivity contribution in [1.82, 2.24) is 0 Å². The molecule has 0 aliphatic rings. The van der Waals surface area contributed by atoms with Crippen LogP contribution in [0.5, 0.6) is 5.75 Å². The van der Waals surface area contributed by atoms with E-state index >= 15 is 0 Å². The van der Waals surface area contributed by atoms with Gasteiger partial charge in [-0.2, -0.15) is 0 Å². The molecule has 0 spiro atoms. The van der Waals surface area contributed by atoms with E-state index in [1.807, 2.05) is 31.2 Å². The lowest BCUT2D eigenvalue weighted by Gasteiger charge is -2.09. The van der Waals surface area contributed by atoms with Crippen molar-refractivity contribution in [3.63, 3.8) is 0 Å². The van der Waals surface area contributed by atoms with Gasteiger partial charge in [-0.1, -0.05) is 12.1 Å². The van der Waals surface area contributed by atoms with Crippen LogP contribution in [0.25, 0.3) is 0 Å². The molecular formula is C12H16O4. The molecule has 0 aliphatic carbocycles. The molecule has 1 unspecified atom stereocenters. The quantitative estimate of drug-likeness (QED) is 0.803. The molecule has 0 radical (unpaired) electrons. The molecule has 0 aromatic heterocycles. The Hall–Kier alpha value is -1.55. The zero-order valence-electron chi connectivity index (χ0n) is 9.47. The van der Waals surface area contributed by atoms with Gasteiger partial charge in [0.25, 0.3) is 0 Å². The molecule has 0 heterocycles. The van der Waals surface area contributed by atoms with Crippen LogP contribution in [0.15, 0.2) is 24.3 Å². The predicted octanol–water partition coefficient (Wildman–Crippen LogP) is 2.08. The summed E-state index contributed by atoms with van der Waals surface area (Å²) in [6, 6.07) is 7.40. The zero-order chi connectivity index (χ0) is 12.0. The minimum Gasteiger partial charge on any atom is -0.494 e. The number of hydrogen-bond donors (Lipinski definition) is 1. The molecule has 0 amide bonds. The first-order chi connectivity index (χ1) is 7.63. The summed E-state index contributed by atoms with van der Waals surface area (Å²) in [6.45, 7) is 4.36. The third-order valence-electron chi connectivity index (χ3n) is 2.08. The molecule has 1 aromatic rings. The van der Waals surface area contributed by atoms with Gasteiger partial charge in [0.2, 0.25) is 0 Å². The number of rotatable bonds is 6. The average Bonchev–Trinajstić information content (AvgIpc) is 2.28. The van der Waals surface area contributed by atoms with Gasteiger partial charge >= 0.3 is 5.97 Å². The summed E-state index contributed by atoms with van der Waals surface area (Å²) >= 11 is 0. The Morgan fingerprint density at radius 1 is 1.38 bits per heavy atom. The summed E-state index contributed by atoms with van der Waals surface area (Å²) in [6.07, 6.45) is -0.786. The molecule has 0 saturated heterocycles. The van der Waals surface area contributed by atoms with Gasteiger partial charge in [-0.3, -0.25) is 0 Å². The van der Waals surface area contributed by atoms with Crippen LogP contribution in [-0.4, -0.2) is 23.8 Å². The highest BCUT2D eigenvalue weighted by molar-refractivity contribution is 5.71. The maximum Gasteiger partial charge on any atom is 0.332 e. The van der Waals surface area contributed by atoms with Crippen molar-refractivity contribution in [2.24, 2.45) is 0 Å². The molecule has 1 aromatic carbocycles. The molecule has 4 nitrogen and oxygen atoms in total. The van der Waals surface area contributed by atoms with Crippen LogP contribution in [-0.2, 0) is 16.1 Å². The first-order valence-electron chi connectivity index (χ1n) is 5.19. The lowest BCUT2D eigenvalue weighted by Crippen LogP contribution is -2.19. The number of carboxylic acids is 1. The maximum absolute atomic E-state index is 10.5. The molecule has 16 heavy (non-hydrogen) atoms. The predicted molar refractivity (Wildman–Crippen MR) is 59.5 cm³/mol. The van der Waals surface area contributed by atoms with Crippen LogP contribution >= 0.6 is 0 Å². The molecule has 1 N–H and O–H groups in total. The Morgan fingerprint density at radius 2 is 2.00 bits per heavy atom. The largest absolute Gasteiger partial charge is 0.494 e. The standard InChI is InChI=1S/C12H16O4/c1-3-15-11-6-4-10(5-7-11)8-16-9(2)12(13)14/h4-7,9H,3,8H2,1-2H3,(H,13,14). The maximum atomic E-state index is 10.5. The topological polar surface area (TPSA) is 55.8 Å². The molecule has 0 fully saturated rings. The van der Waals surface area contributed by atoms with Gasteiger partial charge in [0.15, 0.2) is 6.10 Å². The molecule has 4 heteroatoms. The van der Waals surface area contributed by atoms with Gasteiger partial charge in [-0.25, -0.2) is 4.79 Å². The van der Waals surface area contributed by atoms with Crippen LogP contribution < -0.4 is 4.74 Å². The van der Waals surface area contributed by atoms with E-state index in [4.69, 9.17) is 14.6 Å². The smallest absolute Gasteiger partial charge is 0.332 e. The Morgan fingerprint density at radius 3 is 2.50 bits per heavy atom. The zero-order valence-corrected chi connectivity index (χ0v) is 9.47. The third-order valence-corrected chi connectivity index (χ3v) is 2.08. The van der Waals surface area contributed by atoms with Crippen molar-refractivity contribution in [2.75, 3.05) is 6.61 Å². The lowest BCUT2D eigenvalue weighted by molar-refractivity contribution is -0.149. The lowest BCUT2D eigenvalue weighted by atomic mass is 10.2. The number of benzene rings is 1. The fraction of sp³-hybridized carbons (Fsp3) is 0.417. The fourth-order valence-corrected chi connectivity index (χ4v) is 1.14. The number of aliphatic carboxylic acids is 1. The van der Waals surface area contributed by atoms with Gasteiger partial charge in [-0.15, -0.1) is 0 Å². The highest BCUT2D eigenvalue weighted by Crippen LogP contribution is 2.13. The van der Waals surface area contributed by atoms with E-state index in [2.05, 4.69) is 0 Å². The van der Waals surface area contributed by atoms with Gasteiger partial charge in [0, 0.05) is 0 Å². The first-order valence-corrected chi connectivity index (χ1v) is 5.19. The van der Waals surface area contributed by atoms with E-state index in [1.165, 1.54) is 6.92 Å². The summed E-state index contributed by atoms with van der Waals surface area (Å²) in [5, 5.41) is 8.63. The number of hydrogen-bond acceptors (Lipinski definition) is 3. The molecule has 0 bridgehead atoms. The van der Waals surface area contributed by atoms with Crippen molar-refractivity contribution in [3.8, 4) is 5.75 Å². The van der Waals surface area contributed by atoms with E-state index in [-0.39, 0.29) is 0 Å². The molecule has 0 aliphatic heterocycles. The highest BCUT2D eigenvalue weighted by atomic mass is 16.5. The van der Waals surface area contributed by atoms with Gasteiger partial charge < -0.3 is 14.6 Å². The van der Waals surface area contributed by atoms with Crippen molar-refractivity contribution in [2.45, 2.75) is 26.6 Å². The minimum atomic E-state index is -0.953. The summed E-state index contributed by atoms with van der Waals surface area (Å²) in [5.41, 5.74) is 0.927. The van der Waals surface area contributed by atoms with Crippen LogP contribution in [0.3, 0.4) is 0 Å². The molecule has 0 saturated carbocycles. The van der Waals surface area contributed by atoms with Gasteiger partial charge in [-0.05, 0) is 31.5 Å². The summed E-state index contributed by atoms with van der Waals surface area (Å²) in [5.74, 6) is -0.150. The van der Waals surface area contributed by atoms with Crippen molar-refractivity contribution >= 4 is 5.97 Å². The second-order valence-electron chi connectivity index (χ2n) is 3.37. The fourth-order valence-electron chi connectivity index (χ4n) is 1.14. The van der Waals surface area contributed by atoms with Crippen LogP contribution in [0.1, 0.15) is 19.4 Å². The monoisotopic (exact) mass is 224 g/mol. The number of carbonyl (C=O) groups is 1. The molecular weight excluding hydrogens is 208 g/mol. The molecule has 1 rings (SSSR count). The third kappa shape index (κ3) is 3.90. The van der Waals surface area contributed by atoms with E-state index in [1.54, 1.807) is 0 Å². The van der Waals surface area contributed by atoms with E-state index in [0.29, 0.717) is 13.2 Å². The Balaban J connectivity index is 2.46. The second kappa shape index (κ2) is 6.12. The van der Waals surface area contributed by atoms with E-state index in [9.17, 15) is 4.79 Å². The Bertz CT molecular complexity index is 331. The van der Waals surface area contributed by atoms with Crippen molar-refractivity contribution < 1.29 is 19.4 Å². The van der Waals surface area contributed by atoms with Crippen LogP contribution in [0.2, 0.25) is 0 Å². The van der Waals surface area contributed by atoms with Gasteiger partial charge in [0.05, 0.1) is 13.2 Å². The van der Waals surface area contributed by atoms with Gasteiger partial charge in [0.1, 0.15) is 5.75 Å². The Kier molecular flexibility index (Phi) is 4.79. The summed E-state index contributed by atoms with van der Waals surface area (Å²) < 4.78 is 10.4. The average molecular weight is 224 g/mol. The van der Waals surface area contributed by atoms with Crippen molar-refractivity contribution in [1.29, 1.82) is 0 Å². The SMILES string of the molecule is CCOc1ccc(COC(C)C(=O)O)cc1. The second-order valence-corrected chi connectivity index (χ2v) is 3.37. The number of carboxylic acid groups (broad SMARTS) is 1. The van der Waals surface area contributed by atoms with E-state index in [0.717, 1.165) is 11.3 Å². The summed E-state index contributed by atoms with van der Waals surface area (Å²) in [7, 11) is 0. The van der Waals surface area contributed by atoms with Crippen molar-refractivity contribution in [3.05, 3.63) is 29.8 Å². The Labute approximate surface area is 94.8 Å². The van der Waals surface area contributed by atoms with E-state index < -0.39 is 12.1 Å². The van der Waals surface area contributed by atoms with Crippen LogP contribution in [0.4, 0.5) is 0 Å². The molecule has 1 atom stereocenters. The summed E-state index contributed by atoms with van der Waals surface area (Å²) in [4.78, 5) is 10.5. The first kappa shape index (κ1) is 12.5. The van der Waals surface area contributed by atoms with Crippen LogP contribution in [0, 0.1) is 0 Å². The number of ether oxygens (including phenoxy) is 2. The molecule has 88 valence electrons. The minimum absolute atomic E-state index is 0.292. The normalized spacial score (nSPS) is 12.1. The highest BCUT2D eigenvalue weighted by Gasteiger charge is 2.10.